The van der Waals surface area contributed by atoms with Crippen LogP contribution in [0.5, 0.6) is 0 Å². The van der Waals surface area contributed by atoms with Crippen LogP contribution >= 0.6 is 0 Å². The molecule has 1 saturated carbocycles. The highest BCUT2D eigenvalue weighted by molar-refractivity contribution is 7.91. The fourth-order valence-electron chi connectivity index (χ4n) is 9.48. The van der Waals surface area contributed by atoms with E-state index in [9.17, 15) is 36.4 Å². The average Bonchev–Trinajstić information content (AvgIpc) is 3.97. The highest BCUT2D eigenvalue weighted by Crippen LogP contribution is 2.36. The van der Waals surface area contributed by atoms with E-state index in [1.165, 1.54) is 30.7 Å². The lowest BCUT2D eigenvalue weighted by molar-refractivity contribution is -0.135. The van der Waals surface area contributed by atoms with Crippen LogP contribution < -0.4 is 21.2 Å². The Morgan fingerprint density at radius 2 is 1.83 bits per heavy atom. The number of para-hydroxylation sites is 1. The molecule has 4 aromatic heterocycles. The largest absolute Gasteiger partial charge is 0.362 e. The summed E-state index contributed by atoms with van der Waals surface area (Å²) in [5, 5.41) is 13.3. The number of nitrogens with zero attached hydrogens (tertiary/aromatic N) is 9. The summed E-state index contributed by atoms with van der Waals surface area (Å²) in [4.78, 5) is 59.5. The van der Waals surface area contributed by atoms with Gasteiger partial charge >= 0.3 is 5.69 Å². The molecule has 3 amide bonds. The van der Waals surface area contributed by atoms with Crippen molar-refractivity contribution in [2.75, 3.05) is 61.1 Å². The first-order valence-corrected chi connectivity index (χ1v) is 23.5. The topological polar surface area (TPSA) is 200 Å². The second-order valence-corrected chi connectivity index (χ2v) is 19.5. The van der Waals surface area contributed by atoms with Gasteiger partial charge in [-0.3, -0.25) is 38.4 Å². The number of carbonyl (C=O) groups is 3. The maximum absolute atomic E-state index is 15.5. The number of hydrogen-bond donors (Lipinski definition) is 2. The standard InChI is InChI=1S/C43H48F3N11O7S/c1-52-38-27(4-2-6-32(38)57(43(52)61)33-11-12-36(58)50-42(33)60)5-3-19-64-34-13-15-53(24-30(34)44)23-26-7-9-28(10-8-26)56-25-31(37(51-56)39(45)46)48-41(59)29-22-47-55-16-14-35(49-40(29)55)54-17-20-65(62,63)21-18-54/h2,4,6,14,16,22,25-26,28,30,33-34,39H,7-13,15,17-21,23-24H2,1H3,(H,48,59)(H,50,58,60)/t26?,28?,30-,33?,34+/m1/s1. The molecule has 9 rings (SSSR count). The summed E-state index contributed by atoms with van der Waals surface area (Å²) >= 11 is 0. The highest BCUT2D eigenvalue weighted by Gasteiger charge is 2.34. The lowest BCUT2D eigenvalue weighted by Crippen LogP contribution is -2.47. The van der Waals surface area contributed by atoms with Crippen LogP contribution in [0.1, 0.15) is 85.1 Å². The number of nitrogens with one attached hydrogen (secondary N) is 2. The summed E-state index contributed by atoms with van der Waals surface area (Å²) < 4.78 is 79.5. The number of halogens is 3. The van der Waals surface area contributed by atoms with Gasteiger partial charge in [0.2, 0.25) is 11.8 Å². The molecular weight excluding hydrogens is 872 g/mol. The number of aryl methyl sites for hydroxylation is 1. The van der Waals surface area contributed by atoms with Gasteiger partial charge in [0, 0.05) is 58.6 Å². The summed E-state index contributed by atoms with van der Waals surface area (Å²) in [5.41, 5.74) is 0.826. The monoisotopic (exact) mass is 919 g/mol. The Labute approximate surface area is 371 Å². The van der Waals surface area contributed by atoms with Gasteiger partial charge in [0.15, 0.2) is 21.2 Å². The van der Waals surface area contributed by atoms with Crippen LogP contribution in [0.15, 0.2) is 47.7 Å². The summed E-state index contributed by atoms with van der Waals surface area (Å²) in [6, 6.07) is 5.93. The van der Waals surface area contributed by atoms with Crippen LogP contribution in [0.4, 0.5) is 24.7 Å². The molecule has 1 aliphatic carbocycles. The predicted molar refractivity (Wildman–Crippen MR) is 231 cm³/mol. The van der Waals surface area contributed by atoms with Crippen molar-refractivity contribution in [3.05, 3.63) is 70.2 Å². The third-order valence-electron chi connectivity index (χ3n) is 13.0. The zero-order valence-corrected chi connectivity index (χ0v) is 36.4. The maximum Gasteiger partial charge on any atom is 0.329 e. The molecule has 65 heavy (non-hydrogen) atoms. The van der Waals surface area contributed by atoms with E-state index in [0.29, 0.717) is 54.8 Å². The van der Waals surface area contributed by atoms with Gasteiger partial charge in [-0.05, 0) is 62.6 Å². The third kappa shape index (κ3) is 9.13. The lowest BCUT2D eigenvalue weighted by atomic mass is 9.85. The predicted octanol–water partition coefficient (Wildman–Crippen LogP) is 3.19. The molecule has 4 fully saturated rings. The van der Waals surface area contributed by atoms with Crippen molar-refractivity contribution in [3.8, 4) is 11.8 Å². The van der Waals surface area contributed by atoms with Gasteiger partial charge in [0.25, 0.3) is 12.3 Å². The third-order valence-corrected chi connectivity index (χ3v) is 14.6. The second-order valence-electron chi connectivity index (χ2n) is 17.2. The number of ether oxygens (including phenoxy) is 1. The molecule has 0 radical (unpaired) electrons. The summed E-state index contributed by atoms with van der Waals surface area (Å²) in [6.07, 6.45) is 3.28. The minimum Gasteiger partial charge on any atom is -0.362 e. The van der Waals surface area contributed by atoms with Crippen molar-refractivity contribution in [2.24, 2.45) is 13.0 Å². The Morgan fingerprint density at radius 1 is 1.05 bits per heavy atom. The van der Waals surface area contributed by atoms with Crippen molar-refractivity contribution in [1.82, 2.24) is 43.7 Å². The number of rotatable bonds is 10. The van der Waals surface area contributed by atoms with Gasteiger partial charge < -0.3 is 15.0 Å². The minimum atomic E-state index is -3.12. The average molecular weight is 920 g/mol. The molecule has 1 unspecified atom stereocenters. The SMILES string of the molecule is Cn1c(=O)n(C2CCC(=O)NC2=O)c2cccc(C#CCO[C@H]3CCN(CC4CCC(n5cc(NC(=O)c6cnn7ccc(N8CCS(=O)(=O)CC8)nc67)c(C(F)F)n5)CC4)C[C@H]3F)c21. The smallest absolute Gasteiger partial charge is 0.329 e. The van der Waals surface area contributed by atoms with Crippen molar-refractivity contribution >= 4 is 55.7 Å². The molecule has 18 nitrogen and oxygen atoms in total. The number of likely N-dealkylation sites (tertiary alicyclic amines) is 1. The van der Waals surface area contributed by atoms with Crippen LogP contribution in [0, 0.1) is 17.8 Å². The first-order chi connectivity index (χ1) is 31.2. The number of imidazole rings is 1. The molecule has 0 bridgehead atoms. The van der Waals surface area contributed by atoms with Gasteiger partial charge in [-0.2, -0.15) is 10.2 Å². The molecule has 3 saturated heterocycles. The Bertz CT molecular complexity index is 2880. The van der Waals surface area contributed by atoms with Gasteiger partial charge in [0.1, 0.15) is 30.2 Å². The number of piperidine rings is 2. The summed E-state index contributed by atoms with van der Waals surface area (Å²) in [5.74, 6) is 5.17. The zero-order chi connectivity index (χ0) is 45.6. The number of hydrogen-bond acceptors (Lipinski definition) is 12. The summed E-state index contributed by atoms with van der Waals surface area (Å²) in [6.45, 7) is 2.03. The number of amides is 3. The van der Waals surface area contributed by atoms with Gasteiger partial charge in [-0.1, -0.05) is 17.9 Å². The number of sulfone groups is 1. The molecule has 3 aliphatic heterocycles. The number of fused-ring (bicyclic) bond motifs is 2. The highest BCUT2D eigenvalue weighted by atomic mass is 32.2. The molecule has 22 heteroatoms. The molecule has 3 atom stereocenters. The van der Waals surface area contributed by atoms with E-state index in [0.717, 1.165) is 12.8 Å². The van der Waals surface area contributed by atoms with Crippen molar-refractivity contribution in [3.63, 3.8) is 0 Å². The van der Waals surface area contributed by atoms with E-state index in [-0.39, 0.29) is 85.4 Å². The van der Waals surface area contributed by atoms with E-state index in [2.05, 4.69) is 42.6 Å². The molecule has 0 spiro atoms. The Kier molecular flexibility index (Phi) is 12.3. The van der Waals surface area contributed by atoms with Crippen LogP contribution in [-0.2, 0) is 31.2 Å². The molecule has 2 N–H and O–H groups in total. The van der Waals surface area contributed by atoms with Crippen LogP contribution in [0.25, 0.3) is 16.7 Å². The van der Waals surface area contributed by atoms with E-state index < -0.39 is 57.8 Å². The molecule has 344 valence electrons. The number of alkyl halides is 3. The molecule has 4 aliphatic rings. The van der Waals surface area contributed by atoms with Crippen LogP contribution in [0.3, 0.4) is 0 Å². The second kappa shape index (κ2) is 18.1. The Morgan fingerprint density at radius 3 is 2.57 bits per heavy atom. The van der Waals surface area contributed by atoms with Crippen LogP contribution in [0.2, 0.25) is 0 Å². The summed E-state index contributed by atoms with van der Waals surface area (Å²) in [7, 11) is -1.52. The van der Waals surface area contributed by atoms with E-state index in [1.807, 2.05) is 4.90 Å². The van der Waals surface area contributed by atoms with E-state index in [1.54, 1.807) is 37.5 Å². The number of benzene rings is 1. The van der Waals surface area contributed by atoms with Crippen molar-refractivity contribution in [1.29, 1.82) is 0 Å². The van der Waals surface area contributed by atoms with E-state index in [4.69, 9.17) is 4.74 Å². The van der Waals surface area contributed by atoms with Gasteiger partial charge in [-0.25, -0.2) is 35.9 Å². The molecular formula is C43H48F3N11O7S. The Hall–Kier alpha value is -6.05. The first kappa shape index (κ1) is 44.2. The Balaban J connectivity index is 0.762. The quantitative estimate of drug-likeness (QED) is 0.154. The number of carbonyl (C=O) groups excluding carboxylic acids is 3. The fraction of sp³-hybridized carbons (Fsp3) is 0.512. The molecule has 1 aromatic carbocycles. The molecule has 5 aromatic rings. The number of anilines is 2. The van der Waals surface area contributed by atoms with E-state index >= 15 is 4.39 Å². The normalized spacial score (nSPS) is 24.0. The van der Waals surface area contributed by atoms with Crippen molar-refractivity contribution in [2.45, 2.75) is 75.7 Å². The fourth-order valence-corrected chi connectivity index (χ4v) is 10.7. The minimum absolute atomic E-state index is 0.00872. The van der Waals surface area contributed by atoms with Gasteiger partial charge in [-0.15, -0.1) is 0 Å². The zero-order valence-electron chi connectivity index (χ0n) is 35.5. The van der Waals surface area contributed by atoms with Crippen molar-refractivity contribution < 1.29 is 40.7 Å². The lowest BCUT2D eigenvalue weighted by Gasteiger charge is -2.38. The first-order valence-electron chi connectivity index (χ1n) is 21.7. The maximum atomic E-state index is 15.5. The number of aromatic nitrogens is 7. The number of imide groups is 1. The van der Waals surface area contributed by atoms with Crippen LogP contribution in [-0.4, -0.2) is 128 Å². The molecule has 7 heterocycles. The van der Waals surface area contributed by atoms with Gasteiger partial charge in [0.05, 0.1) is 52.1 Å².